The molecule has 2 saturated heterocycles. The lowest BCUT2D eigenvalue weighted by Gasteiger charge is -2.33. The molecule has 0 N–H and O–H groups in total. The average Bonchev–Trinajstić information content (AvgIpc) is 3.12. The van der Waals surface area contributed by atoms with Crippen molar-refractivity contribution in [1.29, 1.82) is 0 Å². The fourth-order valence-electron chi connectivity index (χ4n) is 5.38. The van der Waals surface area contributed by atoms with E-state index < -0.39 is 0 Å². The molecule has 0 aromatic carbocycles. The van der Waals surface area contributed by atoms with Gasteiger partial charge >= 0.3 is 0 Å². The first kappa shape index (κ1) is 20.6. The largest absolute Gasteiger partial charge is 0.379 e. The van der Waals surface area contributed by atoms with Crippen LogP contribution in [0.3, 0.4) is 0 Å². The van der Waals surface area contributed by atoms with Gasteiger partial charge in [0.2, 0.25) is 0 Å². The van der Waals surface area contributed by atoms with E-state index >= 15 is 0 Å². The van der Waals surface area contributed by atoms with Crippen LogP contribution >= 0.6 is 11.3 Å². The molecule has 0 radical (unpaired) electrons. The predicted molar refractivity (Wildman–Crippen MR) is 124 cm³/mol. The Hall–Kier alpha value is -1.28. The number of fused-ring (bicyclic) bond motifs is 3. The van der Waals surface area contributed by atoms with Gasteiger partial charge in [-0.05, 0) is 63.6 Å². The fourth-order valence-corrected chi connectivity index (χ4v) is 6.66. The average molecular weight is 430 g/mol. The molecule has 7 heteroatoms. The van der Waals surface area contributed by atoms with Crippen LogP contribution in [0.4, 0.5) is 5.82 Å². The number of ether oxygens (including phenoxy) is 1. The third kappa shape index (κ3) is 4.35. The molecule has 0 bridgehead atoms. The molecule has 2 fully saturated rings. The number of piperidine rings is 1. The zero-order valence-electron chi connectivity index (χ0n) is 18.5. The van der Waals surface area contributed by atoms with Crippen LogP contribution in [-0.4, -0.2) is 79.8 Å². The third-order valence-electron chi connectivity index (χ3n) is 6.93. The maximum atomic E-state index is 5.53. The molecule has 2 aromatic rings. The molecule has 0 spiro atoms. The molecule has 3 aliphatic rings. The Morgan fingerprint density at radius 2 is 1.93 bits per heavy atom. The normalized spacial score (nSPS) is 23.6. The summed E-state index contributed by atoms with van der Waals surface area (Å²) in [6.45, 7) is 7.92. The van der Waals surface area contributed by atoms with Crippen molar-refractivity contribution in [3.63, 3.8) is 0 Å². The molecule has 1 aliphatic carbocycles. The monoisotopic (exact) mass is 429 g/mol. The second-order valence-corrected chi connectivity index (χ2v) is 10.5. The van der Waals surface area contributed by atoms with Crippen LogP contribution in [-0.2, 0) is 24.1 Å². The Morgan fingerprint density at radius 1 is 1.10 bits per heavy atom. The number of aryl methyl sites for hydroxylation is 2. The van der Waals surface area contributed by atoms with E-state index in [2.05, 4.69) is 28.8 Å². The zero-order valence-corrected chi connectivity index (χ0v) is 19.3. The molecule has 0 saturated carbocycles. The first-order valence-electron chi connectivity index (χ1n) is 11.7. The van der Waals surface area contributed by atoms with Crippen LogP contribution in [0, 0.1) is 5.92 Å². The van der Waals surface area contributed by atoms with Gasteiger partial charge in [0.05, 0.1) is 25.1 Å². The number of thiophene rings is 1. The summed E-state index contributed by atoms with van der Waals surface area (Å²) in [6.07, 6.45) is 7.65. The molecule has 164 valence electrons. The molecule has 4 heterocycles. The van der Waals surface area contributed by atoms with Crippen LogP contribution in [0.25, 0.3) is 10.2 Å². The molecular weight excluding hydrogens is 394 g/mol. The number of hydrogen-bond acceptors (Lipinski definition) is 7. The van der Waals surface area contributed by atoms with E-state index in [9.17, 15) is 0 Å². The summed E-state index contributed by atoms with van der Waals surface area (Å²) in [5.41, 5.74) is 1.54. The summed E-state index contributed by atoms with van der Waals surface area (Å²) in [4.78, 5) is 20.4. The second-order valence-electron chi connectivity index (χ2n) is 9.39. The predicted octanol–water partition coefficient (Wildman–Crippen LogP) is 3.18. The number of morpholine rings is 1. The highest BCUT2D eigenvalue weighted by Crippen LogP contribution is 2.40. The molecule has 1 unspecified atom stereocenters. The lowest BCUT2D eigenvalue weighted by Crippen LogP contribution is -2.38. The van der Waals surface area contributed by atoms with Gasteiger partial charge in [-0.25, -0.2) is 9.97 Å². The number of likely N-dealkylation sites (tertiary alicyclic amines) is 1. The summed E-state index contributed by atoms with van der Waals surface area (Å²) in [5, 5.41) is 1.35. The maximum Gasteiger partial charge on any atom is 0.146 e. The topological polar surface area (TPSA) is 44.7 Å². The first-order valence-corrected chi connectivity index (χ1v) is 12.5. The van der Waals surface area contributed by atoms with Crippen molar-refractivity contribution in [1.82, 2.24) is 19.8 Å². The highest BCUT2D eigenvalue weighted by atomic mass is 32.1. The van der Waals surface area contributed by atoms with Crippen LogP contribution in [0.15, 0.2) is 0 Å². The number of anilines is 1. The lowest BCUT2D eigenvalue weighted by atomic mass is 9.96. The second kappa shape index (κ2) is 9.07. The summed E-state index contributed by atoms with van der Waals surface area (Å²) < 4.78 is 5.53. The lowest BCUT2D eigenvalue weighted by molar-refractivity contribution is 0.0331. The first-order chi connectivity index (χ1) is 14.7. The van der Waals surface area contributed by atoms with E-state index in [1.807, 2.05) is 11.3 Å². The highest BCUT2D eigenvalue weighted by Gasteiger charge is 2.26. The van der Waals surface area contributed by atoms with Crippen LogP contribution < -0.4 is 4.90 Å². The molecule has 2 aliphatic heterocycles. The van der Waals surface area contributed by atoms with E-state index in [1.54, 1.807) is 10.4 Å². The van der Waals surface area contributed by atoms with Gasteiger partial charge < -0.3 is 14.5 Å². The van der Waals surface area contributed by atoms with Gasteiger partial charge in [0, 0.05) is 38.1 Å². The fraction of sp³-hybridized carbons (Fsp3) is 0.739. The van der Waals surface area contributed by atoms with Crippen molar-refractivity contribution in [3.05, 3.63) is 16.3 Å². The van der Waals surface area contributed by atoms with E-state index in [0.29, 0.717) is 0 Å². The van der Waals surface area contributed by atoms with Gasteiger partial charge in [0.15, 0.2) is 0 Å². The minimum absolute atomic E-state index is 0.718. The van der Waals surface area contributed by atoms with Gasteiger partial charge in [0.25, 0.3) is 0 Å². The Kier molecular flexibility index (Phi) is 6.23. The summed E-state index contributed by atoms with van der Waals surface area (Å²) in [7, 11) is 4.51. The minimum atomic E-state index is 0.718. The van der Waals surface area contributed by atoms with Crippen molar-refractivity contribution < 1.29 is 4.74 Å². The Morgan fingerprint density at radius 3 is 2.77 bits per heavy atom. The van der Waals surface area contributed by atoms with Gasteiger partial charge in [0.1, 0.15) is 16.5 Å². The molecule has 6 nitrogen and oxygen atoms in total. The molecule has 30 heavy (non-hydrogen) atoms. The van der Waals surface area contributed by atoms with Gasteiger partial charge in [-0.2, -0.15) is 0 Å². The van der Waals surface area contributed by atoms with Crippen molar-refractivity contribution in [3.8, 4) is 0 Å². The number of hydrogen-bond donors (Lipinski definition) is 0. The smallest absolute Gasteiger partial charge is 0.146 e. The van der Waals surface area contributed by atoms with Crippen LogP contribution in [0.5, 0.6) is 0 Å². The highest BCUT2D eigenvalue weighted by molar-refractivity contribution is 7.19. The van der Waals surface area contributed by atoms with E-state index in [4.69, 9.17) is 14.7 Å². The minimum Gasteiger partial charge on any atom is -0.379 e. The molecule has 5 rings (SSSR count). The maximum absolute atomic E-state index is 5.53. The SMILES string of the molecule is CN1CCCC(CN(C)c2nc(CN3CCOCC3)nc3sc4c(c23)CCCC4)C1. The molecule has 2 aromatic heterocycles. The van der Waals surface area contributed by atoms with E-state index in [1.165, 1.54) is 67.6 Å². The number of aromatic nitrogens is 2. The van der Waals surface area contributed by atoms with Crippen LogP contribution in [0.2, 0.25) is 0 Å². The number of rotatable bonds is 5. The van der Waals surface area contributed by atoms with Crippen LogP contribution in [0.1, 0.15) is 41.9 Å². The number of nitrogens with zero attached hydrogens (tertiary/aromatic N) is 5. The van der Waals surface area contributed by atoms with Gasteiger partial charge in [-0.1, -0.05) is 0 Å². The van der Waals surface area contributed by atoms with Crippen molar-refractivity contribution in [2.75, 3.05) is 64.9 Å². The standard InChI is InChI=1S/C23H35N5OS/c1-26-9-5-6-17(14-26)15-27(2)22-21-18-7-3-4-8-19(18)30-23(21)25-20(24-22)16-28-10-12-29-13-11-28/h17H,3-16H2,1-2H3. The van der Waals surface area contributed by atoms with Crippen molar-refractivity contribution >= 4 is 27.4 Å². The Labute approximate surface area is 184 Å². The summed E-state index contributed by atoms with van der Waals surface area (Å²) in [6, 6.07) is 0. The van der Waals surface area contributed by atoms with Crippen molar-refractivity contribution in [2.45, 2.75) is 45.1 Å². The summed E-state index contributed by atoms with van der Waals surface area (Å²) in [5.74, 6) is 2.87. The molecule has 0 amide bonds. The Bertz CT molecular complexity index is 878. The zero-order chi connectivity index (χ0) is 20.5. The quantitative estimate of drug-likeness (QED) is 0.727. The molecule has 1 atom stereocenters. The van der Waals surface area contributed by atoms with E-state index in [-0.39, 0.29) is 0 Å². The van der Waals surface area contributed by atoms with E-state index in [0.717, 1.165) is 51.1 Å². The van der Waals surface area contributed by atoms with Gasteiger partial charge in [-0.15, -0.1) is 11.3 Å². The summed E-state index contributed by atoms with van der Waals surface area (Å²) >= 11 is 1.92. The molecular formula is C23H35N5OS. The van der Waals surface area contributed by atoms with Crippen molar-refractivity contribution in [2.24, 2.45) is 5.92 Å². The Balaban J connectivity index is 1.47. The third-order valence-corrected chi connectivity index (χ3v) is 8.11. The van der Waals surface area contributed by atoms with Gasteiger partial charge in [-0.3, -0.25) is 4.90 Å².